The number of hydrogen-bond donors (Lipinski definition) is 2. The van der Waals surface area contributed by atoms with E-state index >= 15 is 0 Å². The Morgan fingerprint density at radius 1 is 0.967 bits per heavy atom. The summed E-state index contributed by atoms with van der Waals surface area (Å²) in [5, 5.41) is 0. The summed E-state index contributed by atoms with van der Waals surface area (Å²) < 4.78 is 15.7. The maximum absolute atomic E-state index is 12.4. The van der Waals surface area contributed by atoms with Crippen molar-refractivity contribution in [3.8, 4) is 5.75 Å². The Kier molecular flexibility index (Phi) is 6.83. The number of carbonyl (C=O) groups excluding carboxylic acids is 3. The van der Waals surface area contributed by atoms with Crippen molar-refractivity contribution in [2.75, 3.05) is 6.61 Å². The lowest BCUT2D eigenvalue weighted by molar-refractivity contribution is -0.125. The minimum atomic E-state index is -0.720. The van der Waals surface area contributed by atoms with Gasteiger partial charge in [0.25, 0.3) is 5.91 Å². The zero-order valence-electron chi connectivity index (χ0n) is 16.2. The van der Waals surface area contributed by atoms with E-state index < -0.39 is 24.4 Å². The van der Waals surface area contributed by atoms with E-state index in [1.165, 1.54) is 18.4 Å². The quantitative estimate of drug-likeness (QED) is 0.460. The van der Waals surface area contributed by atoms with Crippen molar-refractivity contribution in [1.82, 2.24) is 10.9 Å². The Labute approximate surface area is 172 Å². The van der Waals surface area contributed by atoms with Crippen molar-refractivity contribution in [2.24, 2.45) is 0 Å². The fraction of sp³-hybridized carbons (Fsp3) is 0.136. The van der Waals surface area contributed by atoms with Gasteiger partial charge in [-0.15, -0.1) is 0 Å². The SMILES string of the molecule is Cc1cccc(COc2ccccc2C(=O)OCC(=O)NNC(=O)c2ccco2)c1. The number of esters is 1. The standard InChI is InChI=1S/C22H20N2O6/c1-15-6-4-7-16(12-15)13-29-18-9-3-2-8-17(18)22(27)30-14-20(25)23-24-21(26)19-10-5-11-28-19/h2-12H,13-14H2,1H3,(H,23,25)(H,24,26). The van der Waals surface area contributed by atoms with Gasteiger partial charge in [0.1, 0.15) is 17.9 Å². The Bertz CT molecular complexity index is 1030. The Balaban J connectivity index is 1.51. The van der Waals surface area contributed by atoms with Crippen LogP contribution in [0.1, 0.15) is 32.0 Å². The molecule has 30 heavy (non-hydrogen) atoms. The monoisotopic (exact) mass is 408 g/mol. The molecule has 0 spiro atoms. The summed E-state index contributed by atoms with van der Waals surface area (Å²) >= 11 is 0. The van der Waals surface area contributed by atoms with E-state index in [9.17, 15) is 14.4 Å². The highest BCUT2D eigenvalue weighted by molar-refractivity contribution is 5.95. The molecule has 2 aromatic carbocycles. The minimum absolute atomic E-state index is 0.0342. The van der Waals surface area contributed by atoms with Gasteiger partial charge in [0.15, 0.2) is 12.4 Å². The molecule has 2 amide bonds. The number of carbonyl (C=O) groups is 3. The van der Waals surface area contributed by atoms with Crippen LogP contribution in [0.3, 0.4) is 0 Å². The smallest absolute Gasteiger partial charge is 0.342 e. The average Bonchev–Trinajstić information content (AvgIpc) is 3.30. The molecule has 1 heterocycles. The van der Waals surface area contributed by atoms with E-state index in [1.807, 2.05) is 31.2 Å². The molecule has 0 saturated heterocycles. The van der Waals surface area contributed by atoms with Gasteiger partial charge in [0, 0.05) is 0 Å². The third-order valence-corrected chi connectivity index (χ3v) is 3.98. The van der Waals surface area contributed by atoms with Crippen LogP contribution in [-0.4, -0.2) is 24.4 Å². The molecule has 0 unspecified atom stereocenters. The molecule has 0 atom stereocenters. The van der Waals surface area contributed by atoms with Crippen LogP contribution in [0, 0.1) is 6.92 Å². The minimum Gasteiger partial charge on any atom is -0.488 e. The zero-order valence-corrected chi connectivity index (χ0v) is 16.2. The number of hydrazine groups is 1. The largest absolute Gasteiger partial charge is 0.488 e. The van der Waals surface area contributed by atoms with E-state index in [2.05, 4.69) is 10.9 Å². The summed E-state index contributed by atoms with van der Waals surface area (Å²) in [7, 11) is 0. The first-order valence-electron chi connectivity index (χ1n) is 9.10. The van der Waals surface area contributed by atoms with Gasteiger partial charge >= 0.3 is 11.9 Å². The van der Waals surface area contributed by atoms with Crippen molar-refractivity contribution < 1.29 is 28.3 Å². The normalized spacial score (nSPS) is 10.2. The third-order valence-electron chi connectivity index (χ3n) is 3.98. The molecule has 0 aliphatic heterocycles. The van der Waals surface area contributed by atoms with Gasteiger partial charge in [-0.2, -0.15) is 0 Å². The van der Waals surface area contributed by atoms with E-state index in [0.717, 1.165) is 11.1 Å². The highest BCUT2D eigenvalue weighted by atomic mass is 16.5. The maximum atomic E-state index is 12.4. The lowest BCUT2D eigenvalue weighted by Gasteiger charge is -2.12. The molecule has 8 heteroatoms. The lowest BCUT2D eigenvalue weighted by Crippen LogP contribution is -2.43. The number of furan rings is 1. The molecule has 2 N–H and O–H groups in total. The Morgan fingerprint density at radius 2 is 1.80 bits per heavy atom. The number of benzene rings is 2. The van der Waals surface area contributed by atoms with Crippen molar-refractivity contribution in [3.05, 3.63) is 89.4 Å². The van der Waals surface area contributed by atoms with Crippen LogP contribution >= 0.6 is 0 Å². The number of ether oxygens (including phenoxy) is 2. The van der Waals surface area contributed by atoms with E-state index in [0.29, 0.717) is 5.75 Å². The van der Waals surface area contributed by atoms with Gasteiger partial charge in [0.05, 0.1) is 6.26 Å². The third kappa shape index (κ3) is 5.71. The van der Waals surface area contributed by atoms with E-state index in [-0.39, 0.29) is 17.9 Å². The van der Waals surface area contributed by atoms with Crippen molar-refractivity contribution in [1.29, 1.82) is 0 Å². The van der Waals surface area contributed by atoms with Crippen molar-refractivity contribution >= 4 is 17.8 Å². The molecule has 3 rings (SSSR count). The summed E-state index contributed by atoms with van der Waals surface area (Å²) in [6, 6.07) is 17.4. The molecule has 1 aromatic heterocycles. The number of para-hydroxylation sites is 1. The van der Waals surface area contributed by atoms with Crippen LogP contribution in [0.5, 0.6) is 5.75 Å². The molecule has 0 radical (unpaired) electrons. The fourth-order valence-electron chi connectivity index (χ4n) is 2.56. The van der Waals surface area contributed by atoms with Crippen LogP contribution < -0.4 is 15.6 Å². The molecule has 154 valence electrons. The summed E-state index contributed by atoms with van der Waals surface area (Å²) in [5.41, 5.74) is 6.55. The van der Waals surface area contributed by atoms with Gasteiger partial charge in [-0.1, -0.05) is 42.0 Å². The van der Waals surface area contributed by atoms with Crippen LogP contribution in [-0.2, 0) is 16.1 Å². The Morgan fingerprint density at radius 3 is 2.57 bits per heavy atom. The number of nitrogens with one attached hydrogen (secondary N) is 2. The van der Waals surface area contributed by atoms with E-state index in [4.69, 9.17) is 13.9 Å². The number of amides is 2. The predicted octanol–water partition coefficient (Wildman–Crippen LogP) is 2.79. The van der Waals surface area contributed by atoms with Crippen molar-refractivity contribution in [3.63, 3.8) is 0 Å². The first-order valence-corrected chi connectivity index (χ1v) is 9.10. The highest BCUT2D eigenvalue weighted by Gasteiger charge is 2.16. The van der Waals surface area contributed by atoms with Gasteiger partial charge < -0.3 is 13.9 Å². The first kappa shape index (κ1) is 20.7. The predicted molar refractivity (Wildman–Crippen MR) is 107 cm³/mol. The van der Waals surface area contributed by atoms with Gasteiger partial charge in [-0.3, -0.25) is 20.4 Å². The van der Waals surface area contributed by atoms with Gasteiger partial charge in [0.2, 0.25) is 0 Å². The maximum Gasteiger partial charge on any atom is 0.342 e. The molecule has 0 fully saturated rings. The topological polar surface area (TPSA) is 107 Å². The van der Waals surface area contributed by atoms with Crippen LogP contribution in [0.15, 0.2) is 71.3 Å². The second-order valence-corrected chi connectivity index (χ2v) is 6.33. The van der Waals surface area contributed by atoms with Crippen LogP contribution in [0.4, 0.5) is 0 Å². The summed E-state index contributed by atoms with van der Waals surface area (Å²) in [5.74, 6) is -1.68. The average molecular weight is 408 g/mol. The Hall–Kier alpha value is -4.07. The molecular weight excluding hydrogens is 388 g/mol. The van der Waals surface area contributed by atoms with Gasteiger partial charge in [-0.25, -0.2) is 4.79 Å². The molecule has 3 aromatic rings. The van der Waals surface area contributed by atoms with Crippen molar-refractivity contribution in [2.45, 2.75) is 13.5 Å². The molecule has 8 nitrogen and oxygen atoms in total. The molecule has 0 aliphatic rings. The zero-order chi connectivity index (χ0) is 21.3. The van der Waals surface area contributed by atoms with Gasteiger partial charge in [-0.05, 0) is 36.8 Å². The highest BCUT2D eigenvalue weighted by Crippen LogP contribution is 2.20. The summed E-state index contributed by atoms with van der Waals surface area (Å²) in [4.78, 5) is 35.9. The summed E-state index contributed by atoms with van der Waals surface area (Å²) in [6.07, 6.45) is 1.33. The fourth-order valence-corrected chi connectivity index (χ4v) is 2.56. The van der Waals surface area contributed by atoms with Crippen LogP contribution in [0.2, 0.25) is 0 Å². The summed E-state index contributed by atoms with van der Waals surface area (Å²) in [6.45, 7) is 1.69. The second kappa shape index (κ2) is 9.92. The number of rotatable bonds is 7. The molecule has 0 bridgehead atoms. The first-order chi connectivity index (χ1) is 14.5. The number of aryl methyl sites for hydroxylation is 1. The molecule has 0 saturated carbocycles. The molecule has 0 aliphatic carbocycles. The lowest BCUT2D eigenvalue weighted by atomic mass is 10.1. The molecular formula is C22H20N2O6. The number of hydrogen-bond acceptors (Lipinski definition) is 6. The second-order valence-electron chi connectivity index (χ2n) is 6.33. The van der Waals surface area contributed by atoms with E-state index in [1.54, 1.807) is 24.3 Å². The van der Waals surface area contributed by atoms with Crippen LogP contribution in [0.25, 0.3) is 0 Å².